The number of carbonyl (C=O) groups excluding carboxylic acids is 1. The van der Waals surface area contributed by atoms with Crippen LogP contribution in [0.1, 0.15) is 26.3 Å². The van der Waals surface area contributed by atoms with Crippen LogP contribution in [0.2, 0.25) is 0 Å². The van der Waals surface area contributed by atoms with Crippen LogP contribution >= 0.6 is 0 Å². The van der Waals surface area contributed by atoms with Gasteiger partial charge in [0, 0.05) is 12.2 Å². The summed E-state index contributed by atoms with van der Waals surface area (Å²) in [5.41, 5.74) is 6.58. The molecule has 3 N–H and O–H groups in total. The van der Waals surface area contributed by atoms with Crippen LogP contribution in [-0.2, 0) is 14.6 Å². The van der Waals surface area contributed by atoms with Gasteiger partial charge in [-0.2, -0.15) is 0 Å². The van der Waals surface area contributed by atoms with Crippen molar-refractivity contribution in [2.75, 3.05) is 12.3 Å². The average Bonchev–Trinajstić information content (AvgIpc) is 2.37. The number of sulfone groups is 1. The van der Waals surface area contributed by atoms with E-state index >= 15 is 0 Å². The molecule has 0 spiro atoms. The van der Waals surface area contributed by atoms with Gasteiger partial charge in [0.1, 0.15) is 5.25 Å². The lowest BCUT2D eigenvalue weighted by molar-refractivity contribution is -0.120. The van der Waals surface area contributed by atoms with Crippen molar-refractivity contribution in [2.45, 2.75) is 37.8 Å². The van der Waals surface area contributed by atoms with Crippen molar-refractivity contribution in [2.24, 2.45) is 5.92 Å². The number of nitrogen functional groups attached to an aromatic ring is 1. The van der Waals surface area contributed by atoms with E-state index in [4.69, 9.17) is 5.73 Å². The average molecular weight is 298 g/mol. The number of benzene rings is 1. The number of hydrogen-bond donors (Lipinski definition) is 2. The maximum Gasteiger partial charge on any atom is 0.238 e. The summed E-state index contributed by atoms with van der Waals surface area (Å²) < 4.78 is 24.9. The molecule has 1 amide bonds. The van der Waals surface area contributed by atoms with Gasteiger partial charge in [-0.05, 0) is 37.5 Å². The van der Waals surface area contributed by atoms with Gasteiger partial charge in [0.25, 0.3) is 0 Å². The number of rotatable bonds is 5. The van der Waals surface area contributed by atoms with Crippen LogP contribution in [0.3, 0.4) is 0 Å². The number of nitrogens with two attached hydrogens (primary N) is 1. The second-order valence-electron chi connectivity index (χ2n) is 5.35. The molecule has 112 valence electrons. The summed E-state index contributed by atoms with van der Waals surface area (Å²) in [4.78, 5) is 12.1. The van der Waals surface area contributed by atoms with Crippen LogP contribution in [0.5, 0.6) is 0 Å². The molecule has 0 radical (unpaired) electrons. The molecule has 0 aliphatic heterocycles. The summed E-state index contributed by atoms with van der Waals surface area (Å²) in [5, 5.41) is 1.51. The van der Waals surface area contributed by atoms with E-state index in [0.29, 0.717) is 17.8 Å². The Morgan fingerprint density at radius 2 is 1.90 bits per heavy atom. The number of carbonyl (C=O) groups is 1. The molecule has 1 atom stereocenters. The number of anilines is 1. The highest BCUT2D eigenvalue weighted by molar-refractivity contribution is 7.92. The Hall–Kier alpha value is -1.56. The molecule has 0 aliphatic rings. The summed E-state index contributed by atoms with van der Waals surface area (Å²) in [5.74, 6) is -0.219. The van der Waals surface area contributed by atoms with Crippen LogP contribution in [0.15, 0.2) is 23.1 Å². The second-order valence-corrected chi connectivity index (χ2v) is 7.59. The predicted octanol–water partition coefficient (Wildman–Crippen LogP) is 1.51. The van der Waals surface area contributed by atoms with Gasteiger partial charge in [-0.25, -0.2) is 8.42 Å². The minimum Gasteiger partial charge on any atom is -0.399 e. The van der Waals surface area contributed by atoms with Gasteiger partial charge in [0.2, 0.25) is 5.91 Å². The van der Waals surface area contributed by atoms with E-state index in [2.05, 4.69) is 5.32 Å². The summed E-state index contributed by atoms with van der Waals surface area (Å²) in [6.45, 7) is 7.43. The lowest BCUT2D eigenvalue weighted by atomic mass is 10.2. The topological polar surface area (TPSA) is 89.3 Å². The van der Waals surface area contributed by atoms with E-state index < -0.39 is 21.0 Å². The quantitative estimate of drug-likeness (QED) is 0.806. The molecule has 1 unspecified atom stereocenters. The van der Waals surface area contributed by atoms with Crippen LogP contribution < -0.4 is 11.1 Å². The van der Waals surface area contributed by atoms with Gasteiger partial charge in [-0.3, -0.25) is 4.79 Å². The van der Waals surface area contributed by atoms with Crippen molar-refractivity contribution in [3.63, 3.8) is 0 Å². The molecule has 20 heavy (non-hydrogen) atoms. The first-order valence-electron chi connectivity index (χ1n) is 6.54. The van der Waals surface area contributed by atoms with Gasteiger partial charge in [0.05, 0.1) is 4.90 Å². The fourth-order valence-corrected chi connectivity index (χ4v) is 3.27. The summed E-state index contributed by atoms with van der Waals surface area (Å²) in [7, 11) is -3.73. The molecule has 0 heterocycles. The largest absolute Gasteiger partial charge is 0.399 e. The minimum atomic E-state index is -3.73. The Morgan fingerprint density at radius 1 is 1.30 bits per heavy atom. The SMILES string of the molecule is Cc1ccc(N)cc1S(=O)(=O)C(C)C(=O)NCC(C)C. The Labute approximate surface area is 120 Å². The molecule has 1 rings (SSSR count). The van der Waals surface area contributed by atoms with Crippen molar-refractivity contribution in [1.29, 1.82) is 0 Å². The lowest BCUT2D eigenvalue weighted by Crippen LogP contribution is -2.39. The third-order valence-electron chi connectivity index (χ3n) is 3.04. The highest BCUT2D eigenvalue weighted by atomic mass is 32.2. The Morgan fingerprint density at radius 3 is 2.45 bits per heavy atom. The number of nitrogens with one attached hydrogen (secondary N) is 1. The number of hydrogen-bond acceptors (Lipinski definition) is 4. The van der Waals surface area contributed by atoms with Crippen LogP contribution in [-0.4, -0.2) is 26.1 Å². The first kappa shape index (κ1) is 16.5. The molecule has 0 saturated carbocycles. The molecule has 6 heteroatoms. The van der Waals surface area contributed by atoms with Gasteiger partial charge in [-0.15, -0.1) is 0 Å². The highest BCUT2D eigenvalue weighted by Crippen LogP contribution is 2.22. The zero-order valence-electron chi connectivity index (χ0n) is 12.3. The third-order valence-corrected chi connectivity index (χ3v) is 5.24. The molecule has 1 aromatic carbocycles. The smallest absolute Gasteiger partial charge is 0.238 e. The fraction of sp³-hybridized carbons (Fsp3) is 0.500. The Kier molecular flexibility index (Phi) is 5.16. The Balaban J connectivity index is 3.04. The zero-order valence-corrected chi connectivity index (χ0v) is 13.1. The van der Waals surface area contributed by atoms with Crippen LogP contribution in [0.25, 0.3) is 0 Å². The van der Waals surface area contributed by atoms with E-state index in [-0.39, 0.29) is 10.8 Å². The minimum absolute atomic E-state index is 0.115. The van der Waals surface area contributed by atoms with Crippen LogP contribution in [0, 0.1) is 12.8 Å². The molecular weight excluding hydrogens is 276 g/mol. The molecule has 1 aromatic rings. The molecule has 0 aromatic heterocycles. The van der Waals surface area contributed by atoms with Crippen LogP contribution in [0.4, 0.5) is 5.69 Å². The lowest BCUT2D eigenvalue weighted by Gasteiger charge is -2.16. The van der Waals surface area contributed by atoms with Crippen molar-refractivity contribution in [3.8, 4) is 0 Å². The molecule has 0 saturated heterocycles. The highest BCUT2D eigenvalue weighted by Gasteiger charge is 2.30. The molecule has 0 fully saturated rings. The standard InChI is InChI=1S/C14H22N2O3S/c1-9(2)8-16-14(17)11(4)20(18,19)13-7-12(15)6-5-10(13)3/h5-7,9,11H,8,15H2,1-4H3,(H,16,17). The third kappa shape index (κ3) is 3.72. The van der Waals surface area contributed by atoms with E-state index in [0.717, 1.165) is 0 Å². The molecule has 0 aliphatic carbocycles. The van der Waals surface area contributed by atoms with Crippen molar-refractivity contribution in [3.05, 3.63) is 23.8 Å². The van der Waals surface area contributed by atoms with E-state index in [1.54, 1.807) is 19.1 Å². The van der Waals surface area contributed by atoms with E-state index in [9.17, 15) is 13.2 Å². The molecule has 0 bridgehead atoms. The van der Waals surface area contributed by atoms with Gasteiger partial charge in [-0.1, -0.05) is 19.9 Å². The monoisotopic (exact) mass is 298 g/mol. The summed E-state index contributed by atoms with van der Waals surface area (Å²) in [6.07, 6.45) is 0. The molecule has 5 nitrogen and oxygen atoms in total. The summed E-state index contributed by atoms with van der Waals surface area (Å²) in [6, 6.07) is 4.68. The van der Waals surface area contributed by atoms with E-state index in [1.165, 1.54) is 13.0 Å². The van der Waals surface area contributed by atoms with Gasteiger partial charge >= 0.3 is 0 Å². The van der Waals surface area contributed by atoms with Crippen molar-refractivity contribution in [1.82, 2.24) is 5.32 Å². The first-order valence-corrected chi connectivity index (χ1v) is 8.08. The van der Waals surface area contributed by atoms with Gasteiger partial charge < -0.3 is 11.1 Å². The Bertz CT molecular complexity index is 594. The van der Waals surface area contributed by atoms with E-state index in [1.807, 2.05) is 13.8 Å². The second kappa shape index (κ2) is 6.26. The van der Waals surface area contributed by atoms with Crippen molar-refractivity contribution >= 4 is 21.4 Å². The maximum absolute atomic E-state index is 12.5. The first-order chi connectivity index (χ1) is 9.16. The maximum atomic E-state index is 12.5. The van der Waals surface area contributed by atoms with Gasteiger partial charge in [0.15, 0.2) is 9.84 Å². The fourth-order valence-electron chi connectivity index (χ4n) is 1.70. The number of aryl methyl sites for hydroxylation is 1. The normalized spacial score (nSPS) is 13.2. The molecular formula is C14H22N2O3S. The number of amides is 1. The predicted molar refractivity (Wildman–Crippen MR) is 80.1 cm³/mol. The van der Waals surface area contributed by atoms with Crippen molar-refractivity contribution < 1.29 is 13.2 Å². The summed E-state index contributed by atoms with van der Waals surface area (Å²) >= 11 is 0. The zero-order chi connectivity index (χ0) is 15.5.